The van der Waals surface area contributed by atoms with E-state index in [2.05, 4.69) is 56.4 Å². The Bertz CT molecular complexity index is 1160. The van der Waals surface area contributed by atoms with Gasteiger partial charge in [-0.2, -0.15) is 0 Å². The van der Waals surface area contributed by atoms with Crippen LogP contribution < -0.4 is 10.1 Å². The molecule has 3 aromatic rings. The summed E-state index contributed by atoms with van der Waals surface area (Å²) in [5, 5.41) is 3.56. The van der Waals surface area contributed by atoms with Crippen molar-refractivity contribution in [3.05, 3.63) is 95.1 Å². The number of ether oxygens (including phenoxy) is 2. The van der Waals surface area contributed by atoms with Gasteiger partial charge in [0.1, 0.15) is 12.4 Å². The van der Waals surface area contributed by atoms with Crippen LogP contribution in [-0.4, -0.2) is 12.6 Å². The number of nitrogens with one attached hydrogen (secondary N) is 1. The van der Waals surface area contributed by atoms with Gasteiger partial charge in [0, 0.05) is 17.3 Å². The number of carbonyl (C=O) groups excluding carboxylic acids is 1. The maximum Gasteiger partial charge on any atom is 0.338 e. The summed E-state index contributed by atoms with van der Waals surface area (Å²) in [6, 6.07) is 21.8. The first-order valence-electron chi connectivity index (χ1n) is 11.4. The van der Waals surface area contributed by atoms with Crippen molar-refractivity contribution in [3.63, 3.8) is 0 Å². The van der Waals surface area contributed by atoms with Gasteiger partial charge in [0.2, 0.25) is 0 Å². The second-order valence-electron chi connectivity index (χ2n) is 9.07. The van der Waals surface area contributed by atoms with E-state index in [1.165, 1.54) is 16.7 Å². The first-order chi connectivity index (χ1) is 15.9. The summed E-state index contributed by atoms with van der Waals surface area (Å²) in [5.74, 6) is 0.532. The summed E-state index contributed by atoms with van der Waals surface area (Å²) in [6.07, 6.45) is 3.30. The summed E-state index contributed by atoms with van der Waals surface area (Å²) >= 11 is 0. The minimum atomic E-state index is -0.307. The Morgan fingerprint density at radius 1 is 1.03 bits per heavy atom. The monoisotopic (exact) mass is 441 g/mol. The first-order valence-corrected chi connectivity index (χ1v) is 11.4. The molecule has 33 heavy (non-hydrogen) atoms. The largest absolute Gasteiger partial charge is 0.489 e. The fourth-order valence-corrected chi connectivity index (χ4v) is 4.18. The van der Waals surface area contributed by atoms with E-state index in [-0.39, 0.29) is 11.4 Å². The van der Waals surface area contributed by atoms with Gasteiger partial charge in [-0.05, 0) is 72.7 Å². The molecule has 0 heterocycles. The average molecular weight is 442 g/mol. The molecule has 0 radical (unpaired) electrons. The zero-order chi connectivity index (χ0) is 23.4. The Hall–Kier alpha value is -3.53. The number of allylic oxidation sites excluding steroid dienone is 2. The molecule has 4 nitrogen and oxygen atoms in total. The Morgan fingerprint density at radius 2 is 1.76 bits per heavy atom. The topological polar surface area (TPSA) is 47.6 Å². The van der Waals surface area contributed by atoms with Crippen molar-refractivity contribution in [2.75, 3.05) is 11.9 Å². The van der Waals surface area contributed by atoms with Crippen LogP contribution in [0.2, 0.25) is 0 Å². The zero-order valence-corrected chi connectivity index (χ0v) is 19.8. The molecule has 170 valence electrons. The molecule has 0 bridgehead atoms. The van der Waals surface area contributed by atoms with Crippen LogP contribution in [-0.2, 0) is 16.8 Å². The van der Waals surface area contributed by atoms with Crippen LogP contribution in [0.5, 0.6) is 5.75 Å². The second-order valence-corrected chi connectivity index (χ2v) is 9.07. The molecule has 1 aliphatic rings. The predicted octanol–water partition coefficient (Wildman–Crippen LogP) is 7.27. The van der Waals surface area contributed by atoms with Crippen molar-refractivity contribution >= 4 is 22.9 Å². The quantitative estimate of drug-likeness (QED) is 0.392. The number of esters is 1. The van der Waals surface area contributed by atoms with Crippen molar-refractivity contribution < 1.29 is 14.3 Å². The number of anilines is 2. The Balaban J connectivity index is 1.67. The highest BCUT2D eigenvalue weighted by Gasteiger charge is 2.29. The van der Waals surface area contributed by atoms with Crippen LogP contribution in [0.1, 0.15) is 61.2 Å². The number of benzene rings is 3. The Morgan fingerprint density at radius 3 is 2.45 bits per heavy atom. The highest BCUT2D eigenvalue weighted by atomic mass is 16.5. The van der Waals surface area contributed by atoms with Crippen molar-refractivity contribution in [3.8, 4) is 5.75 Å². The molecule has 0 saturated carbocycles. The van der Waals surface area contributed by atoms with Gasteiger partial charge in [-0.15, -0.1) is 0 Å². The van der Waals surface area contributed by atoms with Gasteiger partial charge >= 0.3 is 5.97 Å². The number of hydrogen-bond acceptors (Lipinski definition) is 4. The van der Waals surface area contributed by atoms with Gasteiger partial charge < -0.3 is 14.8 Å². The average Bonchev–Trinajstić information content (AvgIpc) is 2.81. The van der Waals surface area contributed by atoms with Crippen molar-refractivity contribution in [1.82, 2.24) is 0 Å². The first kappa shape index (κ1) is 22.7. The van der Waals surface area contributed by atoms with E-state index in [0.717, 1.165) is 29.1 Å². The van der Waals surface area contributed by atoms with Gasteiger partial charge in [0.15, 0.2) is 0 Å². The summed E-state index contributed by atoms with van der Waals surface area (Å²) in [4.78, 5) is 12.0. The lowest BCUT2D eigenvalue weighted by Crippen LogP contribution is -2.22. The minimum Gasteiger partial charge on any atom is -0.489 e. The molecule has 3 aromatic carbocycles. The minimum absolute atomic E-state index is 0.00512. The van der Waals surface area contributed by atoms with Crippen LogP contribution in [0, 0.1) is 0 Å². The second kappa shape index (κ2) is 9.53. The molecule has 0 aliphatic heterocycles. The van der Waals surface area contributed by atoms with Crippen LogP contribution in [0.3, 0.4) is 0 Å². The van der Waals surface area contributed by atoms with E-state index in [1.807, 2.05) is 30.3 Å². The molecule has 0 spiro atoms. The maximum atomic E-state index is 12.0. The molecule has 1 aliphatic carbocycles. The van der Waals surface area contributed by atoms with Crippen LogP contribution in [0.15, 0.2) is 72.8 Å². The third kappa shape index (κ3) is 5.11. The maximum absolute atomic E-state index is 12.0. The smallest absolute Gasteiger partial charge is 0.338 e. The summed E-state index contributed by atoms with van der Waals surface area (Å²) in [7, 11) is 0. The standard InChI is InChI=1S/C29H31NO3/c1-5-32-28(31)22-11-13-23(14-12-22)30-26-18-24(33-19-21-9-7-6-8-10-21)17-25-27(26)20(2)15-16-29(25,3)4/h6-15,17-18,30H,5,16,19H2,1-4H3. The lowest BCUT2D eigenvalue weighted by atomic mass is 9.73. The van der Waals surface area contributed by atoms with Gasteiger partial charge in [-0.3, -0.25) is 0 Å². The van der Waals surface area contributed by atoms with Crippen LogP contribution in [0.4, 0.5) is 11.4 Å². The molecule has 4 rings (SSSR count). The lowest BCUT2D eigenvalue weighted by molar-refractivity contribution is 0.0526. The normalized spacial score (nSPS) is 14.1. The molecule has 1 N–H and O–H groups in total. The van der Waals surface area contributed by atoms with E-state index in [9.17, 15) is 4.79 Å². The molecule has 0 atom stereocenters. The molecule has 4 heteroatoms. The predicted molar refractivity (Wildman–Crippen MR) is 134 cm³/mol. The third-order valence-corrected chi connectivity index (χ3v) is 6.08. The van der Waals surface area contributed by atoms with E-state index < -0.39 is 0 Å². The number of hydrogen-bond donors (Lipinski definition) is 1. The molecular weight excluding hydrogens is 410 g/mol. The third-order valence-electron chi connectivity index (χ3n) is 6.08. The highest BCUT2D eigenvalue weighted by Crippen LogP contribution is 2.45. The summed E-state index contributed by atoms with van der Waals surface area (Å²) in [6.45, 7) is 9.39. The molecule has 0 amide bonds. The molecule has 0 aromatic heterocycles. The Labute approximate surface area is 196 Å². The molecule has 0 fully saturated rings. The van der Waals surface area contributed by atoms with Crippen LogP contribution >= 0.6 is 0 Å². The number of rotatable bonds is 7. The zero-order valence-electron chi connectivity index (χ0n) is 19.8. The van der Waals surface area contributed by atoms with Crippen molar-refractivity contribution in [2.24, 2.45) is 0 Å². The van der Waals surface area contributed by atoms with Gasteiger partial charge in [0.25, 0.3) is 0 Å². The Kier molecular flexibility index (Phi) is 6.55. The van der Waals surface area contributed by atoms with Crippen molar-refractivity contribution in [2.45, 2.75) is 46.1 Å². The summed E-state index contributed by atoms with van der Waals surface area (Å²) in [5.41, 5.74) is 7.33. The molecule has 0 unspecified atom stereocenters. The van der Waals surface area contributed by atoms with E-state index in [0.29, 0.717) is 18.8 Å². The van der Waals surface area contributed by atoms with Gasteiger partial charge in [-0.25, -0.2) is 4.79 Å². The van der Waals surface area contributed by atoms with Gasteiger partial charge in [0.05, 0.1) is 17.9 Å². The van der Waals surface area contributed by atoms with E-state index in [4.69, 9.17) is 9.47 Å². The number of carbonyl (C=O) groups is 1. The van der Waals surface area contributed by atoms with Crippen LogP contribution in [0.25, 0.3) is 5.57 Å². The van der Waals surface area contributed by atoms with E-state index >= 15 is 0 Å². The number of fused-ring (bicyclic) bond motifs is 1. The molecular formula is C29H31NO3. The highest BCUT2D eigenvalue weighted by molar-refractivity contribution is 5.90. The van der Waals surface area contributed by atoms with E-state index in [1.54, 1.807) is 19.1 Å². The summed E-state index contributed by atoms with van der Waals surface area (Å²) < 4.78 is 11.3. The fourth-order valence-electron chi connectivity index (χ4n) is 4.18. The van der Waals surface area contributed by atoms with Crippen molar-refractivity contribution in [1.29, 1.82) is 0 Å². The lowest BCUT2D eigenvalue weighted by Gasteiger charge is -2.33. The fraction of sp³-hybridized carbons (Fsp3) is 0.276. The van der Waals surface area contributed by atoms with Gasteiger partial charge in [-0.1, -0.05) is 50.3 Å². The molecule has 0 saturated heterocycles. The SMILES string of the molecule is CCOC(=O)c1ccc(Nc2cc(OCc3ccccc3)cc3c2C(C)=CCC3(C)C)cc1.